The van der Waals surface area contributed by atoms with Crippen LogP contribution in [0.25, 0.3) is 6.08 Å². The molecule has 0 spiro atoms. The number of nitrogens with one attached hydrogen (secondary N) is 1. The summed E-state index contributed by atoms with van der Waals surface area (Å²) in [6, 6.07) is 8.17. The van der Waals surface area contributed by atoms with Crippen LogP contribution in [0.2, 0.25) is 5.02 Å². The minimum absolute atomic E-state index is 0.00504. The molecule has 4 amide bonds. The lowest BCUT2D eigenvalue weighted by atomic mass is 10.1. The molecule has 29 heavy (non-hydrogen) atoms. The first kappa shape index (κ1) is 20.2. The van der Waals surface area contributed by atoms with E-state index in [1.54, 1.807) is 19.1 Å². The van der Waals surface area contributed by atoms with Crippen LogP contribution >= 0.6 is 11.6 Å². The smallest absolute Gasteiger partial charge is 0.335 e. The number of carbonyl (C=O) groups excluding carboxylic acids is 3. The highest BCUT2D eigenvalue weighted by atomic mass is 35.5. The molecule has 2 aromatic rings. The van der Waals surface area contributed by atoms with Crippen LogP contribution in [0, 0.1) is 0 Å². The van der Waals surface area contributed by atoms with Crippen molar-refractivity contribution in [2.24, 2.45) is 0 Å². The molecule has 0 atom stereocenters. The van der Waals surface area contributed by atoms with Gasteiger partial charge < -0.3 is 14.6 Å². The zero-order valence-corrected chi connectivity index (χ0v) is 16.3. The molecule has 2 N–H and O–H groups in total. The fourth-order valence-corrected chi connectivity index (χ4v) is 2.95. The highest BCUT2D eigenvalue weighted by Gasteiger charge is 2.36. The molecule has 1 aliphatic heterocycles. The molecule has 0 bridgehead atoms. The Hall–Kier alpha value is -3.52. The number of hydrogen-bond acceptors (Lipinski definition) is 6. The number of halogens is 1. The Morgan fingerprint density at radius 3 is 2.48 bits per heavy atom. The normalized spacial score (nSPS) is 15.5. The lowest BCUT2D eigenvalue weighted by Gasteiger charge is -2.26. The van der Waals surface area contributed by atoms with E-state index in [4.69, 9.17) is 21.1 Å². The lowest BCUT2D eigenvalue weighted by Crippen LogP contribution is -2.54. The standard InChI is InChI=1S/C20H17ClN2O6/c1-3-29-16-10-11(9-15(21)17(16)24)8-14-18(25)22-20(27)23(19(14)26)12-4-6-13(28-2)7-5-12/h4-10,24H,3H2,1-2H3,(H,22,25,27). The predicted octanol–water partition coefficient (Wildman–Crippen LogP) is 3.12. The van der Waals surface area contributed by atoms with E-state index in [9.17, 15) is 19.5 Å². The van der Waals surface area contributed by atoms with Crippen LogP contribution in [0.4, 0.5) is 10.5 Å². The maximum Gasteiger partial charge on any atom is 0.335 e. The number of rotatable bonds is 5. The molecule has 1 heterocycles. The van der Waals surface area contributed by atoms with Crippen LogP contribution in [0.5, 0.6) is 17.2 Å². The van der Waals surface area contributed by atoms with Crippen molar-refractivity contribution in [1.82, 2.24) is 5.32 Å². The zero-order valence-electron chi connectivity index (χ0n) is 15.6. The Bertz CT molecular complexity index is 1020. The van der Waals surface area contributed by atoms with Gasteiger partial charge in [-0.15, -0.1) is 0 Å². The van der Waals surface area contributed by atoms with Gasteiger partial charge >= 0.3 is 6.03 Å². The van der Waals surface area contributed by atoms with Crippen LogP contribution in [-0.4, -0.2) is 36.7 Å². The first-order chi connectivity index (χ1) is 13.8. The third-order valence-corrected chi connectivity index (χ3v) is 4.38. The van der Waals surface area contributed by atoms with Crippen molar-refractivity contribution in [2.45, 2.75) is 6.92 Å². The van der Waals surface area contributed by atoms with E-state index in [2.05, 4.69) is 5.32 Å². The van der Waals surface area contributed by atoms with Gasteiger partial charge in [0.25, 0.3) is 11.8 Å². The largest absolute Gasteiger partial charge is 0.503 e. The fraction of sp³-hybridized carbons (Fsp3) is 0.150. The topological polar surface area (TPSA) is 105 Å². The first-order valence-corrected chi connectivity index (χ1v) is 8.94. The van der Waals surface area contributed by atoms with Crippen molar-refractivity contribution in [3.05, 3.63) is 52.6 Å². The monoisotopic (exact) mass is 416 g/mol. The SMILES string of the molecule is CCOc1cc(C=C2C(=O)NC(=O)N(c3ccc(OC)cc3)C2=O)cc(Cl)c1O. The number of carbonyl (C=O) groups is 3. The summed E-state index contributed by atoms with van der Waals surface area (Å²) in [5.74, 6) is -1.23. The average molecular weight is 417 g/mol. The van der Waals surface area contributed by atoms with Crippen LogP contribution in [0.3, 0.4) is 0 Å². The van der Waals surface area contributed by atoms with E-state index in [-0.39, 0.29) is 34.4 Å². The molecule has 2 aromatic carbocycles. The third-order valence-electron chi connectivity index (χ3n) is 4.09. The van der Waals surface area contributed by atoms with Gasteiger partial charge in [-0.2, -0.15) is 0 Å². The van der Waals surface area contributed by atoms with Gasteiger partial charge in [0.15, 0.2) is 11.5 Å². The molecule has 0 radical (unpaired) electrons. The Morgan fingerprint density at radius 1 is 1.17 bits per heavy atom. The number of barbiturate groups is 1. The van der Waals surface area contributed by atoms with Crippen molar-refractivity contribution >= 4 is 41.2 Å². The maximum absolute atomic E-state index is 12.9. The van der Waals surface area contributed by atoms with Crippen LogP contribution in [0.15, 0.2) is 42.0 Å². The van der Waals surface area contributed by atoms with E-state index in [0.717, 1.165) is 4.90 Å². The van der Waals surface area contributed by atoms with Gasteiger partial charge in [-0.25, -0.2) is 9.69 Å². The highest BCUT2D eigenvalue weighted by Crippen LogP contribution is 2.36. The molecular weight excluding hydrogens is 400 g/mol. The van der Waals surface area contributed by atoms with Gasteiger partial charge in [-0.1, -0.05) is 11.6 Å². The number of imide groups is 2. The molecule has 1 aliphatic rings. The van der Waals surface area contributed by atoms with E-state index in [0.29, 0.717) is 11.3 Å². The maximum atomic E-state index is 12.9. The summed E-state index contributed by atoms with van der Waals surface area (Å²) in [6.07, 6.45) is 1.27. The summed E-state index contributed by atoms with van der Waals surface area (Å²) in [7, 11) is 1.49. The van der Waals surface area contributed by atoms with E-state index in [1.165, 1.54) is 37.5 Å². The number of aromatic hydroxyl groups is 1. The van der Waals surface area contributed by atoms with Crippen molar-refractivity contribution in [2.75, 3.05) is 18.6 Å². The number of hydrogen-bond donors (Lipinski definition) is 2. The Labute approximate surface area is 171 Å². The zero-order chi connectivity index (χ0) is 21.1. The summed E-state index contributed by atoms with van der Waals surface area (Å²) < 4.78 is 10.4. The first-order valence-electron chi connectivity index (χ1n) is 8.56. The summed E-state index contributed by atoms with van der Waals surface area (Å²) in [5.41, 5.74) is 0.342. The number of anilines is 1. The molecule has 1 saturated heterocycles. The number of methoxy groups -OCH3 is 1. The van der Waals surface area contributed by atoms with Crippen molar-refractivity contribution < 1.29 is 29.0 Å². The summed E-state index contributed by atoms with van der Waals surface area (Å²) in [6.45, 7) is 2.01. The summed E-state index contributed by atoms with van der Waals surface area (Å²) in [4.78, 5) is 38.3. The lowest BCUT2D eigenvalue weighted by molar-refractivity contribution is -0.122. The Kier molecular flexibility index (Phi) is 5.74. The molecular formula is C20H17ClN2O6. The summed E-state index contributed by atoms with van der Waals surface area (Å²) in [5, 5.41) is 12.1. The van der Waals surface area contributed by atoms with Crippen molar-refractivity contribution in [3.63, 3.8) is 0 Å². The second-order valence-electron chi connectivity index (χ2n) is 5.94. The Balaban J connectivity index is 2.01. The molecule has 0 unspecified atom stereocenters. The van der Waals surface area contributed by atoms with Gasteiger partial charge in [-0.3, -0.25) is 14.9 Å². The Morgan fingerprint density at radius 2 is 1.86 bits per heavy atom. The second kappa shape index (κ2) is 8.24. The molecule has 0 aliphatic carbocycles. The fourth-order valence-electron chi connectivity index (χ4n) is 2.73. The predicted molar refractivity (Wildman–Crippen MR) is 106 cm³/mol. The van der Waals surface area contributed by atoms with E-state index >= 15 is 0 Å². The number of urea groups is 1. The number of amides is 4. The van der Waals surface area contributed by atoms with Crippen molar-refractivity contribution in [1.29, 1.82) is 0 Å². The van der Waals surface area contributed by atoms with Crippen LogP contribution in [-0.2, 0) is 9.59 Å². The van der Waals surface area contributed by atoms with Gasteiger partial charge in [0.2, 0.25) is 0 Å². The number of benzene rings is 2. The number of phenols is 1. The highest BCUT2D eigenvalue weighted by molar-refractivity contribution is 6.39. The minimum atomic E-state index is -0.860. The average Bonchev–Trinajstić information content (AvgIpc) is 2.69. The molecule has 1 fully saturated rings. The van der Waals surface area contributed by atoms with Gasteiger partial charge in [0.05, 0.1) is 24.4 Å². The molecule has 150 valence electrons. The van der Waals surface area contributed by atoms with E-state index < -0.39 is 17.8 Å². The van der Waals surface area contributed by atoms with Crippen LogP contribution in [0.1, 0.15) is 12.5 Å². The van der Waals surface area contributed by atoms with E-state index in [1.807, 2.05) is 0 Å². The third kappa shape index (κ3) is 4.02. The molecule has 0 saturated carbocycles. The minimum Gasteiger partial charge on any atom is -0.503 e. The number of phenolic OH excluding ortho intramolecular Hbond substituents is 1. The van der Waals surface area contributed by atoms with Gasteiger partial charge in [0, 0.05) is 0 Å². The molecule has 3 rings (SSSR count). The molecule has 8 nitrogen and oxygen atoms in total. The number of nitrogens with zero attached hydrogens (tertiary/aromatic N) is 1. The van der Waals surface area contributed by atoms with Gasteiger partial charge in [0.1, 0.15) is 11.3 Å². The molecule has 9 heteroatoms. The van der Waals surface area contributed by atoms with Crippen LogP contribution < -0.4 is 19.7 Å². The summed E-state index contributed by atoms with van der Waals surface area (Å²) >= 11 is 6.00. The molecule has 0 aromatic heterocycles. The second-order valence-corrected chi connectivity index (χ2v) is 6.35. The quantitative estimate of drug-likeness (QED) is 0.573. The van der Waals surface area contributed by atoms with Gasteiger partial charge in [-0.05, 0) is 55.0 Å². The number of ether oxygens (including phenoxy) is 2. The van der Waals surface area contributed by atoms with Crippen molar-refractivity contribution in [3.8, 4) is 17.2 Å².